The van der Waals surface area contributed by atoms with E-state index < -0.39 is 15.7 Å². The van der Waals surface area contributed by atoms with E-state index >= 15 is 0 Å². The molecule has 4 rings (SSSR count). The van der Waals surface area contributed by atoms with Crippen LogP contribution in [0.5, 0.6) is 0 Å². The first-order valence-electron chi connectivity index (χ1n) is 9.01. The molecule has 1 aliphatic heterocycles. The van der Waals surface area contributed by atoms with E-state index in [0.717, 1.165) is 5.69 Å². The van der Waals surface area contributed by atoms with Gasteiger partial charge in [-0.05, 0) is 43.7 Å². The van der Waals surface area contributed by atoms with Gasteiger partial charge >= 0.3 is 5.69 Å². The summed E-state index contributed by atoms with van der Waals surface area (Å²) in [5.41, 5.74) is 2.75. The zero-order valence-electron chi connectivity index (χ0n) is 15.6. The molecule has 1 fully saturated rings. The van der Waals surface area contributed by atoms with E-state index in [2.05, 4.69) is 20.9 Å². The lowest BCUT2D eigenvalue weighted by atomic mass is 10.1. The molecule has 0 saturated carbocycles. The van der Waals surface area contributed by atoms with E-state index in [1.165, 1.54) is 22.0 Å². The minimum atomic E-state index is -3.78. The van der Waals surface area contributed by atoms with Crippen LogP contribution in [0.2, 0.25) is 5.02 Å². The van der Waals surface area contributed by atoms with Gasteiger partial charge in [0.2, 0.25) is 10.0 Å². The maximum absolute atomic E-state index is 13.2. The average molecular weight is 421 g/mol. The fourth-order valence-corrected chi connectivity index (χ4v) is 5.75. The predicted molar refractivity (Wildman–Crippen MR) is 111 cm³/mol. The quantitative estimate of drug-likeness (QED) is 0.681. The molecule has 1 atom stereocenters. The number of imidazole rings is 1. The van der Waals surface area contributed by atoms with Gasteiger partial charge in [-0.3, -0.25) is 0 Å². The Morgan fingerprint density at radius 1 is 1.11 bits per heavy atom. The summed E-state index contributed by atoms with van der Waals surface area (Å²) in [5, 5.41) is 0.0940. The van der Waals surface area contributed by atoms with Crippen molar-refractivity contribution >= 4 is 38.3 Å². The second-order valence-corrected chi connectivity index (χ2v) is 9.47. The molecule has 1 aliphatic rings. The highest BCUT2D eigenvalue weighted by Gasteiger charge is 2.34. The van der Waals surface area contributed by atoms with Gasteiger partial charge in [-0.1, -0.05) is 23.7 Å². The monoisotopic (exact) mass is 420 g/mol. The number of hydrogen-bond donors (Lipinski definition) is 2. The van der Waals surface area contributed by atoms with Crippen LogP contribution < -0.4 is 10.6 Å². The van der Waals surface area contributed by atoms with Crippen molar-refractivity contribution in [2.24, 2.45) is 0 Å². The van der Waals surface area contributed by atoms with Crippen LogP contribution >= 0.6 is 11.6 Å². The molecule has 0 aliphatic carbocycles. The molecule has 0 amide bonds. The van der Waals surface area contributed by atoms with Gasteiger partial charge in [0, 0.05) is 31.4 Å². The summed E-state index contributed by atoms with van der Waals surface area (Å²) in [6.45, 7) is 5.36. The summed E-state index contributed by atoms with van der Waals surface area (Å²) in [5.74, 6) is 0. The van der Waals surface area contributed by atoms with Gasteiger partial charge < -0.3 is 14.9 Å². The summed E-state index contributed by atoms with van der Waals surface area (Å²) in [6.07, 6.45) is 0. The molecule has 0 bridgehead atoms. The van der Waals surface area contributed by atoms with E-state index in [0.29, 0.717) is 30.7 Å². The van der Waals surface area contributed by atoms with Crippen molar-refractivity contribution < 1.29 is 8.42 Å². The van der Waals surface area contributed by atoms with Crippen LogP contribution in [-0.4, -0.2) is 48.4 Å². The third-order valence-electron chi connectivity index (χ3n) is 5.11. The lowest BCUT2D eigenvalue weighted by molar-refractivity contribution is 0.342. The van der Waals surface area contributed by atoms with Crippen molar-refractivity contribution in [2.75, 3.05) is 24.5 Å². The Morgan fingerprint density at radius 3 is 2.50 bits per heavy atom. The maximum Gasteiger partial charge on any atom is 0.323 e. The largest absolute Gasteiger partial charge is 0.366 e. The van der Waals surface area contributed by atoms with Crippen LogP contribution in [0.15, 0.2) is 46.1 Å². The number of sulfonamides is 1. The second-order valence-electron chi connectivity index (χ2n) is 7.15. The molecule has 2 aromatic carbocycles. The van der Waals surface area contributed by atoms with Gasteiger partial charge in [-0.2, -0.15) is 4.31 Å². The number of aryl methyl sites for hydroxylation is 1. The summed E-state index contributed by atoms with van der Waals surface area (Å²) >= 11 is 6.24. The Labute approximate surface area is 168 Å². The van der Waals surface area contributed by atoms with Crippen LogP contribution in [0, 0.1) is 6.92 Å². The highest BCUT2D eigenvalue weighted by atomic mass is 35.5. The van der Waals surface area contributed by atoms with E-state index in [1.807, 2.05) is 32.0 Å². The van der Waals surface area contributed by atoms with Gasteiger partial charge in [0.1, 0.15) is 4.90 Å². The summed E-state index contributed by atoms with van der Waals surface area (Å²) < 4.78 is 27.9. The highest BCUT2D eigenvalue weighted by Crippen LogP contribution is 2.30. The minimum absolute atomic E-state index is 0.00752. The molecule has 1 saturated heterocycles. The van der Waals surface area contributed by atoms with Gasteiger partial charge in [0.25, 0.3) is 0 Å². The average Bonchev–Trinajstić information content (AvgIpc) is 2.99. The van der Waals surface area contributed by atoms with Crippen molar-refractivity contribution in [1.82, 2.24) is 14.3 Å². The number of hydrogen-bond acceptors (Lipinski definition) is 4. The molecule has 0 spiro atoms. The molecule has 1 aromatic heterocycles. The fourth-order valence-electron chi connectivity index (χ4n) is 3.71. The highest BCUT2D eigenvalue weighted by molar-refractivity contribution is 7.89. The molecule has 3 aromatic rings. The van der Waals surface area contributed by atoms with Gasteiger partial charge in [-0.15, -0.1) is 0 Å². The van der Waals surface area contributed by atoms with Crippen molar-refractivity contribution in [3.05, 3.63) is 57.5 Å². The van der Waals surface area contributed by atoms with E-state index in [1.54, 1.807) is 0 Å². The van der Waals surface area contributed by atoms with E-state index in [4.69, 9.17) is 11.6 Å². The normalized spacial score (nSPS) is 18.7. The van der Waals surface area contributed by atoms with E-state index in [9.17, 15) is 13.2 Å². The zero-order valence-corrected chi connectivity index (χ0v) is 17.1. The van der Waals surface area contributed by atoms with Crippen LogP contribution in [0.1, 0.15) is 12.5 Å². The lowest BCUT2D eigenvalue weighted by Crippen LogP contribution is -2.53. The number of fused-ring (bicyclic) bond motifs is 1. The van der Waals surface area contributed by atoms with Crippen LogP contribution in [0.25, 0.3) is 11.0 Å². The molecule has 1 unspecified atom stereocenters. The number of nitrogens with one attached hydrogen (secondary N) is 2. The third kappa shape index (κ3) is 3.32. The first-order valence-corrected chi connectivity index (χ1v) is 10.8. The van der Waals surface area contributed by atoms with Crippen molar-refractivity contribution in [3.8, 4) is 0 Å². The molecular weight excluding hydrogens is 400 g/mol. The minimum Gasteiger partial charge on any atom is -0.366 e. The number of halogens is 1. The molecule has 9 heteroatoms. The number of rotatable bonds is 3. The molecule has 148 valence electrons. The van der Waals surface area contributed by atoms with Crippen molar-refractivity contribution in [1.29, 1.82) is 0 Å². The fraction of sp³-hybridized carbons (Fsp3) is 0.316. The molecule has 2 heterocycles. The maximum atomic E-state index is 13.2. The Balaban J connectivity index is 1.63. The standard InChI is InChI=1S/C19H21ClN4O3S/c1-12-4-3-5-14(8-12)24-7-6-23(11-13(24)2)28(26,27)18-10-17-16(9-15(18)20)21-19(25)22-17/h3-5,8-10,13H,6-7,11H2,1-2H3,(H2,21,22,25). The van der Waals surface area contributed by atoms with Crippen molar-refractivity contribution in [3.63, 3.8) is 0 Å². The van der Waals surface area contributed by atoms with Crippen LogP contribution in [-0.2, 0) is 10.0 Å². The Morgan fingerprint density at radius 2 is 1.82 bits per heavy atom. The first kappa shape index (κ1) is 19.0. The number of nitrogens with zero attached hydrogens (tertiary/aromatic N) is 2. The second kappa shape index (κ2) is 6.95. The Hall–Kier alpha value is -2.29. The van der Waals surface area contributed by atoms with Gasteiger partial charge in [0.15, 0.2) is 0 Å². The van der Waals surface area contributed by atoms with Crippen molar-refractivity contribution in [2.45, 2.75) is 24.8 Å². The number of anilines is 1. The molecule has 28 heavy (non-hydrogen) atoms. The SMILES string of the molecule is Cc1cccc(N2CCN(S(=O)(=O)c3cc4[nH]c(=O)[nH]c4cc3Cl)CC2C)c1. The molecule has 2 N–H and O–H groups in total. The third-order valence-corrected chi connectivity index (χ3v) is 7.44. The van der Waals surface area contributed by atoms with E-state index in [-0.39, 0.29) is 16.0 Å². The first-order chi connectivity index (χ1) is 13.3. The number of aromatic amines is 2. The Bertz CT molecular complexity index is 1200. The Kier molecular flexibility index (Phi) is 4.73. The number of benzene rings is 2. The lowest BCUT2D eigenvalue weighted by Gasteiger charge is -2.40. The van der Waals surface area contributed by atoms with Crippen LogP contribution in [0.3, 0.4) is 0 Å². The van der Waals surface area contributed by atoms with Gasteiger partial charge in [-0.25, -0.2) is 13.2 Å². The molecule has 0 radical (unpaired) electrons. The predicted octanol–water partition coefficient (Wildman–Crippen LogP) is 2.72. The number of piperazine rings is 1. The van der Waals surface area contributed by atoms with Gasteiger partial charge in [0.05, 0.1) is 16.1 Å². The smallest absolute Gasteiger partial charge is 0.323 e. The summed E-state index contributed by atoms with van der Waals surface area (Å²) in [4.78, 5) is 18.9. The molecular formula is C19H21ClN4O3S. The number of H-pyrrole nitrogens is 2. The topological polar surface area (TPSA) is 89.3 Å². The van der Waals surface area contributed by atoms with Crippen LogP contribution in [0.4, 0.5) is 5.69 Å². The zero-order chi connectivity index (χ0) is 20.1. The summed E-state index contributed by atoms with van der Waals surface area (Å²) in [6, 6.07) is 11.1. The number of aromatic nitrogens is 2. The summed E-state index contributed by atoms with van der Waals surface area (Å²) in [7, 11) is -3.78. The molecule has 7 nitrogen and oxygen atoms in total.